The third-order valence-electron chi connectivity index (χ3n) is 6.88. The van der Waals surface area contributed by atoms with Gasteiger partial charge in [-0.1, -0.05) is 6.92 Å². The second-order valence-corrected chi connectivity index (χ2v) is 10.4. The van der Waals surface area contributed by atoms with Gasteiger partial charge in [0.05, 0.1) is 30.8 Å². The normalized spacial score (nSPS) is 30.6. The molecule has 14 heteroatoms. The molecule has 2 aliphatic heterocycles. The van der Waals surface area contributed by atoms with Crippen LogP contribution in [0.3, 0.4) is 0 Å². The highest BCUT2D eigenvalue weighted by Crippen LogP contribution is 2.34. The number of aliphatic imine (C=N–C) groups is 1. The molecular weight excluding hydrogens is 529 g/mol. The van der Waals surface area contributed by atoms with E-state index in [-0.39, 0.29) is 36.5 Å². The van der Waals surface area contributed by atoms with Crippen molar-refractivity contribution in [1.82, 2.24) is 19.8 Å². The summed E-state index contributed by atoms with van der Waals surface area (Å²) in [6.45, 7) is 5.48. The Morgan fingerprint density at radius 3 is 2.44 bits per heavy atom. The average Bonchev–Trinajstić information content (AvgIpc) is 3.37. The molecule has 1 aromatic heterocycles. The fourth-order valence-corrected chi connectivity index (χ4v) is 5.30. The van der Waals surface area contributed by atoms with Crippen LogP contribution in [0.1, 0.15) is 38.5 Å². The van der Waals surface area contributed by atoms with Crippen LogP contribution in [0.5, 0.6) is 0 Å². The molecular formula is C25H44N5O8P. The molecule has 2 saturated heterocycles. The SMILES string of the molecule is CCC(=Nc1nc(=O)n(C2OC(C)C(O)C2OC)cc1C)N(C)C.CNC(=O)CC1C(CO)OC(P)C1OC. The molecule has 0 spiro atoms. The van der Waals surface area contributed by atoms with E-state index in [9.17, 15) is 14.7 Å². The number of carbonyl (C=O) groups excluding carboxylic acids is 1. The molecule has 13 nitrogen and oxygen atoms in total. The first-order valence-corrected chi connectivity index (χ1v) is 13.6. The number of nitrogens with zero attached hydrogens (tertiary/aromatic N) is 4. The monoisotopic (exact) mass is 573 g/mol. The maximum Gasteiger partial charge on any atom is 0.351 e. The van der Waals surface area contributed by atoms with Crippen molar-refractivity contribution in [1.29, 1.82) is 0 Å². The molecule has 0 radical (unpaired) electrons. The molecule has 9 atom stereocenters. The Balaban J connectivity index is 0.000000306. The van der Waals surface area contributed by atoms with E-state index in [1.807, 2.05) is 32.8 Å². The lowest BCUT2D eigenvalue weighted by Crippen LogP contribution is -2.36. The van der Waals surface area contributed by atoms with Crippen LogP contribution >= 0.6 is 9.24 Å². The highest BCUT2D eigenvalue weighted by atomic mass is 31.0. The van der Waals surface area contributed by atoms with E-state index in [1.54, 1.807) is 27.3 Å². The number of ether oxygens (including phenoxy) is 4. The largest absolute Gasteiger partial charge is 0.394 e. The van der Waals surface area contributed by atoms with Gasteiger partial charge < -0.3 is 39.4 Å². The number of nitrogens with one attached hydrogen (secondary N) is 1. The fraction of sp³-hybridized carbons (Fsp3) is 0.760. The summed E-state index contributed by atoms with van der Waals surface area (Å²) >= 11 is 0. The van der Waals surface area contributed by atoms with Gasteiger partial charge in [0.2, 0.25) is 5.91 Å². The van der Waals surface area contributed by atoms with Crippen molar-refractivity contribution >= 4 is 26.8 Å². The first-order valence-electron chi connectivity index (χ1n) is 12.9. The Bertz CT molecular complexity index is 1040. The number of amides is 1. The number of methoxy groups -OCH3 is 2. The van der Waals surface area contributed by atoms with Gasteiger partial charge in [-0.15, -0.1) is 9.24 Å². The van der Waals surface area contributed by atoms with E-state index in [4.69, 9.17) is 24.1 Å². The van der Waals surface area contributed by atoms with Gasteiger partial charge in [0, 0.05) is 65.9 Å². The van der Waals surface area contributed by atoms with E-state index >= 15 is 0 Å². The molecule has 222 valence electrons. The van der Waals surface area contributed by atoms with Crippen LogP contribution in [-0.4, -0.2) is 115 Å². The molecule has 2 fully saturated rings. The van der Waals surface area contributed by atoms with Crippen molar-refractivity contribution in [2.24, 2.45) is 10.9 Å². The summed E-state index contributed by atoms with van der Waals surface area (Å²) in [7, 11) is 11.0. The molecule has 0 aromatic carbocycles. The Morgan fingerprint density at radius 2 is 1.92 bits per heavy atom. The van der Waals surface area contributed by atoms with Crippen molar-refractivity contribution in [2.75, 3.05) is 42.0 Å². The number of aryl methyl sites for hydroxylation is 1. The zero-order valence-electron chi connectivity index (χ0n) is 24.0. The minimum absolute atomic E-state index is 0.0665. The molecule has 0 aliphatic carbocycles. The van der Waals surface area contributed by atoms with Gasteiger partial charge in [-0.2, -0.15) is 4.98 Å². The topological polar surface area (TPSA) is 157 Å². The maximum atomic E-state index is 12.4. The van der Waals surface area contributed by atoms with Gasteiger partial charge >= 0.3 is 5.69 Å². The van der Waals surface area contributed by atoms with Crippen LogP contribution in [0.15, 0.2) is 16.0 Å². The van der Waals surface area contributed by atoms with Gasteiger partial charge in [0.1, 0.15) is 18.0 Å². The Hall–Kier alpha value is -1.99. The quantitative estimate of drug-likeness (QED) is 0.223. The number of aliphatic hydroxyl groups is 2. The fourth-order valence-electron chi connectivity index (χ4n) is 4.65. The van der Waals surface area contributed by atoms with E-state index < -0.39 is 30.2 Å². The summed E-state index contributed by atoms with van der Waals surface area (Å²) in [5, 5.41) is 21.8. The first kappa shape index (κ1) is 33.2. The number of rotatable bonds is 8. The Kier molecular flexibility index (Phi) is 12.9. The van der Waals surface area contributed by atoms with Gasteiger partial charge in [-0.3, -0.25) is 9.36 Å². The van der Waals surface area contributed by atoms with Crippen molar-refractivity contribution in [3.8, 4) is 0 Å². The van der Waals surface area contributed by atoms with Crippen LogP contribution in [-0.2, 0) is 23.7 Å². The number of hydrogen-bond acceptors (Lipinski definition) is 10. The molecule has 1 aromatic rings. The molecule has 2 aliphatic rings. The van der Waals surface area contributed by atoms with Gasteiger partial charge in [-0.05, 0) is 13.8 Å². The summed E-state index contributed by atoms with van der Waals surface area (Å²) < 4.78 is 23.1. The molecule has 0 saturated carbocycles. The predicted molar refractivity (Wildman–Crippen MR) is 149 cm³/mol. The Labute approximate surface area is 232 Å². The van der Waals surface area contributed by atoms with Gasteiger partial charge in [-0.25, -0.2) is 9.79 Å². The number of carbonyl (C=O) groups is 1. The van der Waals surface area contributed by atoms with E-state index in [1.165, 1.54) is 11.7 Å². The summed E-state index contributed by atoms with van der Waals surface area (Å²) in [6, 6.07) is 0. The lowest BCUT2D eigenvalue weighted by molar-refractivity contribution is -0.122. The molecule has 3 rings (SSSR count). The third kappa shape index (κ3) is 8.03. The lowest BCUT2D eigenvalue weighted by atomic mass is 9.95. The molecule has 39 heavy (non-hydrogen) atoms. The molecule has 3 heterocycles. The second kappa shape index (κ2) is 15.1. The lowest BCUT2D eigenvalue weighted by Gasteiger charge is -2.21. The summed E-state index contributed by atoms with van der Waals surface area (Å²) in [6.07, 6.45) is -0.352. The van der Waals surface area contributed by atoms with Crippen molar-refractivity contribution in [2.45, 2.75) is 76.2 Å². The summed E-state index contributed by atoms with van der Waals surface area (Å²) in [4.78, 5) is 34.2. The predicted octanol–water partition coefficient (Wildman–Crippen LogP) is 0.193. The van der Waals surface area contributed by atoms with Crippen LogP contribution in [0.4, 0.5) is 5.82 Å². The van der Waals surface area contributed by atoms with Crippen LogP contribution in [0.2, 0.25) is 0 Å². The molecule has 1 amide bonds. The number of amidine groups is 1. The summed E-state index contributed by atoms with van der Waals surface area (Å²) in [5.74, 6) is 0.897. The van der Waals surface area contributed by atoms with Crippen LogP contribution in [0.25, 0.3) is 0 Å². The minimum atomic E-state index is -0.801. The standard InChI is InChI=1S/C16H26N4O4.C9H18NO4P/c1-7-11(19(4)5)17-14-9(2)8-20(16(22)18-14)15-13(23-6)12(21)10(3)24-15;1-10-7(12)3-5-6(4-11)14-9(15)8(5)13-2/h8,10,12-13,15,21H,7H2,1-6H3;5-6,8-9,11H,3-4,15H2,1-2H3,(H,10,12). The van der Waals surface area contributed by atoms with Gasteiger partial charge in [0.15, 0.2) is 12.0 Å². The maximum absolute atomic E-state index is 12.4. The molecule has 3 N–H and O–H groups in total. The number of hydrogen-bond donors (Lipinski definition) is 3. The highest BCUT2D eigenvalue weighted by Gasteiger charge is 2.44. The third-order valence-corrected chi connectivity index (χ3v) is 7.42. The average molecular weight is 574 g/mol. The number of aliphatic hydroxyl groups excluding tert-OH is 2. The summed E-state index contributed by atoms with van der Waals surface area (Å²) in [5.41, 5.74) is 0.261. The molecule has 9 unspecified atom stereocenters. The highest BCUT2D eigenvalue weighted by molar-refractivity contribution is 7.17. The van der Waals surface area contributed by atoms with E-state index in [0.717, 1.165) is 17.8 Å². The van der Waals surface area contributed by atoms with E-state index in [2.05, 4.69) is 24.5 Å². The smallest absolute Gasteiger partial charge is 0.351 e. The van der Waals surface area contributed by atoms with Crippen LogP contribution < -0.4 is 11.0 Å². The molecule has 0 bridgehead atoms. The zero-order chi connectivity index (χ0) is 29.4. The van der Waals surface area contributed by atoms with Crippen LogP contribution in [0, 0.1) is 12.8 Å². The second-order valence-electron chi connectivity index (χ2n) is 9.70. The zero-order valence-corrected chi connectivity index (χ0v) is 25.2. The van der Waals surface area contributed by atoms with Gasteiger partial charge in [0.25, 0.3) is 0 Å². The first-order chi connectivity index (χ1) is 18.4. The Morgan fingerprint density at radius 1 is 1.28 bits per heavy atom. The van der Waals surface area contributed by atoms with Crippen molar-refractivity contribution < 1.29 is 34.0 Å². The number of aromatic nitrogens is 2. The van der Waals surface area contributed by atoms with E-state index in [0.29, 0.717) is 12.2 Å². The minimum Gasteiger partial charge on any atom is -0.394 e. The van der Waals surface area contributed by atoms with Crippen molar-refractivity contribution in [3.63, 3.8) is 0 Å². The van der Waals surface area contributed by atoms with Crippen molar-refractivity contribution in [3.05, 3.63) is 22.2 Å².